The molecule has 0 radical (unpaired) electrons. The molecule has 146 valence electrons. The van der Waals surface area contributed by atoms with Gasteiger partial charge in [0.1, 0.15) is 6.10 Å². The molecular formula is C21H40O3Si. The first-order chi connectivity index (χ1) is 11.4. The zero-order valence-corrected chi connectivity index (χ0v) is 18.7. The van der Waals surface area contributed by atoms with Gasteiger partial charge in [-0.05, 0) is 56.2 Å². The molecule has 0 aromatic heterocycles. The van der Waals surface area contributed by atoms with Gasteiger partial charge in [-0.15, -0.1) is 0 Å². The largest absolute Gasteiger partial charge is 0.417 e. The summed E-state index contributed by atoms with van der Waals surface area (Å²) in [5.41, 5.74) is 1.16. The molecule has 0 unspecified atom stereocenters. The zero-order valence-electron chi connectivity index (χ0n) is 17.7. The molecule has 1 aliphatic rings. The number of hydrogen-bond donors (Lipinski definition) is 1. The van der Waals surface area contributed by atoms with Crippen molar-refractivity contribution in [3.63, 3.8) is 0 Å². The van der Waals surface area contributed by atoms with Crippen molar-refractivity contribution in [2.75, 3.05) is 6.61 Å². The molecule has 3 nitrogen and oxygen atoms in total. The van der Waals surface area contributed by atoms with Crippen LogP contribution in [0.25, 0.3) is 0 Å². The number of ketones is 1. The normalized spacial score (nSPS) is 26.4. The average Bonchev–Trinajstić information content (AvgIpc) is 2.46. The number of rotatable bonds is 7. The molecule has 1 aliphatic carbocycles. The minimum atomic E-state index is -1.82. The van der Waals surface area contributed by atoms with Crippen molar-refractivity contribution in [3.05, 3.63) is 11.6 Å². The summed E-state index contributed by atoms with van der Waals surface area (Å²) in [6.45, 7) is 18.4. The predicted molar refractivity (Wildman–Crippen MR) is 108 cm³/mol. The van der Waals surface area contributed by atoms with Crippen molar-refractivity contribution in [3.8, 4) is 0 Å². The maximum Gasteiger partial charge on any atom is 0.191 e. The van der Waals surface area contributed by atoms with Crippen LogP contribution in [0.4, 0.5) is 0 Å². The summed E-state index contributed by atoms with van der Waals surface area (Å²) in [6.07, 6.45) is 4.81. The second-order valence-corrected chi connectivity index (χ2v) is 14.5. The van der Waals surface area contributed by atoms with E-state index in [1.54, 1.807) is 0 Å². The van der Waals surface area contributed by atoms with E-state index in [1.165, 1.54) is 0 Å². The summed E-state index contributed by atoms with van der Waals surface area (Å²) in [5.74, 6) is 0.806. The van der Waals surface area contributed by atoms with Crippen LogP contribution in [0, 0.1) is 17.8 Å². The molecule has 0 aromatic carbocycles. The van der Waals surface area contributed by atoms with Crippen LogP contribution < -0.4 is 0 Å². The lowest BCUT2D eigenvalue weighted by atomic mass is 9.73. The van der Waals surface area contributed by atoms with Crippen LogP contribution in [0.3, 0.4) is 0 Å². The van der Waals surface area contributed by atoms with Crippen molar-refractivity contribution in [2.24, 2.45) is 17.8 Å². The van der Waals surface area contributed by atoms with Gasteiger partial charge in [0, 0.05) is 18.9 Å². The molecule has 0 aliphatic heterocycles. The fraction of sp³-hybridized carbons (Fsp3) is 0.857. The van der Waals surface area contributed by atoms with Crippen LogP contribution in [-0.2, 0) is 9.22 Å². The van der Waals surface area contributed by atoms with E-state index in [9.17, 15) is 9.90 Å². The molecule has 0 heterocycles. The third-order valence-corrected chi connectivity index (χ3v) is 10.6. The number of carbonyl (C=O) groups is 1. The lowest BCUT2D eigenvalue weighted by Gasteiger charge is -2.40. The van der Waals surface area contributed by atoms with E-state index in [2.05, 4.69) is 60.7 Å². The third-order valence-electron chi connectivity index (χ3n) is 6.14. The number of Topliss-reactive ketones (excluding diaryl/α,β-unsaturated/α-hetero) is 1. The van der Waals surface area contributed by atoms with Gasteiger partial charge in [-0.2, -0.15) is 0 Å². The van der Waals surface area contributed by atoms with Crippen LogP contribution in [-0.4, -0.2) is 31.9 Å². The second kappa shape index (κ2) is 8.96. The molecule has 0 saturated heterocycles. The fourth-order valence-electron chi connectivity index (χ4n) is 3.23. The Kier molecular flexibility index (Phi) is 8.10. The average molecular weight is 369 g/mol. The van der Waals surface area contributed by atoms with Gasteiger partial charge >= 0.3 is 0 Å². The van der Waals surface area contributed by atoms with E-state index >= 15 is 0 Å². The topological polar surface area (TPSA) is 46.5 Å². The molecule has 0 bridgehead atoms. The van der Waals surface area contributed by atoms with Gasteiger partial charge in [-0.1, -0.05) is 46.3 Å². The fourth-order valence-corrected chi connectivity index (χ4v) is 4.30. The standard InChI is InChI=1S/C21H40O3Si/c1-15(2)10-9-11-16(3)19-17(12-13-18(22)20(19)23)14-24-25(7,8)21(4,5)6/h11,15,17,19-20,23H,9-10,12-14H2,1-8H3/b16-11+/t17-,19-,20-/m1/s1. The molecule has 25 heavy (non-hydrogen) atoms. The Bertz CT molecular complexity index is 474. The van der Waals surface area contributed by atoms with Crippen LogP contribution in [0.2, 0.25) is 18.1 Å². The highest BCUT2D eigenvalue weighted by Crippen LogP contribution is 2.39. The number of allylic oxidation sites excluding steroid dienone is 1. The monoisotopic (exact) mass is 368 g/mol. The molecule has 0 spiro atoms. The highest BCUT2D eigenvalue weighted by Gasteiger charge is 2.42. The maximum absolute atomic E-state index is 12.1. The minimum Gasteiger partial charge on any atom is -0.417 e. The summed E-state index contributed by atoms with van der Waals surface area (Å²) in [4.78, 5) is 12.1. The first kappa shape index (κ1) is 22.6. The molecule has 1 fully saturated rings. The lowest BCUT2D eigenvalue weighted by Crippen LogP contribution is -2.46. The first-order valence-electron chi connectivity index (χ1n) is 9.88. The molecule has 3 atom stereocenters. The van der Waals surface area contributed by atoms with Gasteiger partial charge in [-0.3, -0.25) is 4.79 Å². The number of carbonyl (C=O) groups excluding carboxylic acids is 1. The molecule has 0 amide bonds. The number of aliphatic hydroxyl groups is 1. The second-order valence-electron chi connectivity index (χ2n) is 9.73. The van der Waals surface area contributed by atoms with Gasteiger partial charge in [0.2, 0.25) is 0 Å². The van der Waals surface area contributed by atoms with E-state index in [1.807, 2.05) is 0 Å². The quantitative estimate of drug-likeness (QED) is 0.487. The van der Waals surface area contributed by atoms with Crippen molar-refractivity contribution in [1.29, 1.82) is 0 Å². The summed E-state index contributed by atoms with van der Waals surface area (Å²) in [6, 6.07) is 0. The Labute approximate surface area is 156 Å². The maximum atomic E-state index is 12.1. The molecule has 1 N–H and O–H groups in total. The van der Waals surface area contributed by atoms with Crippen molar-refractivity contribution in [1.82, 2.24) is 0 Å². The minimum absolute atomic E-state index is 0.00909. The van der Waals surface area contributed by atoms with E-state index in [4.69, 9.17) is 4.43 Å². The molecule has 1 saturated carbocycles. The first-order valence-corrected chi connectivity index (χ1v) is 12.8. The van der Waals surface area contributed by atoms with Crippen LogP contribution >= 0.6 is 0 Å². The van der Waals surface area contributed by atoms with Gasteiger partial charge in [0.05, 0.1) is 0 Å². The van der Waals surface area contributed by atoms with Gasteiger partial charge in [-0.25, -0.2) is 0 Å². The summed E-state index contributed by atoms with van der Waals surface area (Å²) >= 11 is 0. The molecule has 1 rings (SSSR count). The molecule has 0 aromatic rings. The molecular weight excluding hydrogens is 328 g/mol. The Hall–Kier alpha value is -0.453. The van der Waals surface area contributed by atoms with E-state index < -0.39 is 14.4 Å². The van der Waals surface area contributed by atoms with Crippen LogP contribution in [0.5, 0.6) is 0 Å². The van der Waals surface area contributed by atoms with Gasteiger partial charge in [0.25, 0.3) is 0 Å². The zero-order chi connectivity index (χ0) is 19.4. The van der Waals surface area contributed by atoms with Crippen LogP contribution in [0.1, 0.15) is 67.2 Å². The summed E-state index contributed by atoms with van der Waals surface area (Å²) < 4.78 is 6.43. The van der Waals surface area contributed by atoms with Gasteiger partial charge < -0.3 is 9.53 Å². The Balaban J connectivity index is 2.86. The Morgan fingerprint density at radius 1 is 1.36 bits per heavy atom. The Morgan fingerprint density at radius 2 is 1.96 bits per heavy atom. The number of hydrogen-bond acceptors (Lipinski definition) is 3. The number of aliphatic hydroxyl groups excluding tert-OH is 1. The lowest BCUT2D eigenvalue weighted by molar-refractivity contribution is -0.134. The van der Waals surface area contributed by atoms with Crippen LogP contribution in [0.15, 0.2) is 11.6 Å². The van der Waals surface area contributed by atoms with E-state index in [0.29, 0.717) is 18.9 Å². The Morgan fingerprint density at radius 3 is 2.48 bits per heavy atom. The summed E-state index contributed by atoms with van der Waals surface area (Å²) in [7, 11) is -1.82. The smallest absolute Gasteiger partial charge is 0.191 e. The van der Waals surface area contributed by atoms with E-state index in [0.717, 1.165) is 24.8 Å². The molecule has 4 heteroatoms. The SMILES string of the molecule is C/C(=C\CCC(C)C)[C@@H]1[C@@H](CO[Si](C)(C)C(C)(C)C)CCC(=O)[C@H]1O. The highest BCUT2D eigenvalue weighted by molar-refractivity contribution is 6.74. The third kappa shape index (κ3) is 6.33. The summed E-state index contributed by atoms with van der Waals surface area (Å²) in [5, 5.41) is 10.7. The van der Waals surface area contributed by atoms with Gasteiger partial charge in [0.15, 0.2) is 14.1 Å². The predicted octanol–water partition coefficient (Wildman–Crippen LogP) is 5.35. The highest BCUT2D eigenvalue weighted by atomic mass is 28.4. The van der Waals surface area contributed by atoms with Crippen molar-refractivity contribution in [2.45, 2.75) is 91.5 Å². The van der Waals surface area contributed by atoms with E-state index in [-0.39, 0.29) is 22.7 Å². The van der Waals surface area contributed by atoms with Crippen molar-refractivity contribution < 1.29 is 14.3 Å². The van der Waals surface area contributed by atoms with Crippen molar-refractivity contribution >= 4 is 14.1 Å².